The lowest BCUT2D eigenvalue weighted by atomic mass is 10.1. The number of anilines is 3. The van der Waals surface area contributed by atoms with E-state index < -0.39 is 29.5 Å². The number of carbonyl (C=O) groups is 3. The maximum atomic E-state index is 13.1. The zero-order valence-electron chi connectivity index (χ0n) is 17.3. The molecule has 0 aliphatic rings. The molecule has 33 heavy (non-hydrogen) atoms. The summed E-state index contributed by atoms with van der Waals surface area (Å²) in [4.78, 5) is 36.9. The Morgan fingerprint density at radius 2 is 1.61 bits per heavy atom. The summed E-state index contributed by atoms with van der Waals surface area (Å²) in [7, 11) is 0. The van der Waals surface area contributed by atoms with Crippen LogP contribution in [0.2, 0.25) is 5.02 Å². The second-order valence-electron chi connectivity index (χ2n) is 6.95. The summed E-state index contributed by atoms with van der Waals surface area (Å²) >= 11 is 6.98. The van der Waals surface area contributed by atoms with E-state index >= 15 is 0 Å². The van der Waals surface area contributed by atoms with Crippen molar-refractivity contribution in [3.05, 3.63) is 75.1 Å². The Hall–Kier alpha value is -3.37. The summed E-state index contributed by atoms with van der Waals surface area (Å²) in [6, 6.07) is 10.6. The van der Waals surface area contributed by atoms with Crippen LogP contribution in [0.4, 0.5) is 29.5 Å². The molecule has 2 aromatic carbocycles. The van der Waals surface area contributed by atoms with E-state index in [4.69, 9.17) is 11.6 Å². The predicted octanol–water partition coefficient (Wildman–Crippen LogP) is 6.19. The largest absolute Gasteiger partial charge is 0.416 e. The van der Waals surface area contributed by atoms with Gasteiger partial charge in [0.25, 0.3) is 11.8 Å². The topological polar surface area (TPSA) is 87.3 Å². The molecular weight excluding hydrogens is 479 g/mol. The number of alkyl halides is 3. The first kappa shape index (κ1) is 24.3. The number of halogens is 4. The van der Waals surface area contributed by atoms with Gasteiger partial charge in [-0.05, 0) is 48.9 Å². The first-order chi connectivity index (χ1) is 15.5. The van der Waals surface area contributed by atoms with Gasteiger partial charge in [0.05, 0.1) is 37.4 Å². The van der Waals surface area contributed by atoms with E-state index in [-0.39, 0.29) is 26.8 Å². The van der Waals surface area contributed by atoms with E-state index in [9.17, 15) is 27.6 Å². The Balaban J connectivity index is 1.85. The van der Waals surface area contributed by atoms with Crippen molar-refractivity contribution in [1.82, 2.24) is 0 Å². The van der Waals surface area contributed by atoms with Crippen molar-refractivity contribution in [2.24, 2.45) is 0 Å². The Kier molecular flexibility index (Phi) is 7.09. The van der Waals surface area contributed by atoms with Gasteiger partial charge < -0.3 is 16.0 Å². The number of benzene rings is 2. The van der Waals surface area contributed by atoms with Crippen molar-refractivity contribution < 1.29 is 27.6 Å². The molecule has 11 heteroatoms. The maximum Gasteiger partial charge on any atom is 0.416 e. The SMILES string of the molecule is CC(=O)Nc1ccc(C(F)(F)F)cc1NC(=O)c1sc(NC(=O)c2ccccc2Cl)cc1C. The van der Waals surface area contributed by atoms with Crippen molar-refractivity contribution in [2.75, 3.05) is 16.0 Å². The van der Waals surface area contributed by atoms with Gasteiger partial charge >= 0.3 is 6.18 Å². The normalized spacial score (nSPS) is 11.1. The van der Waals surface area contributed by atoms with Crippen molar-refractivity contribution in [3.63, 3.8) is 0 Å². The van der Waals surface area contributed by atoms with Crippen molar-refractivity contribution in [1.29, 1.82) is 0 Å². The number of aryl methyl sites for hydroxylation is 1. The molecule has 172 valence electrons. The van der Waals surface area contributed by atoms with Crippen LogP contribution in [0.5, 0.6) is 0 Å². The average Bonchev–Trinajstić information content (AvgIpc) is 3.08. The first-order valence-corrected chi connectivity index (χ1v) is 10.6. The van der Waals surface area contributed by atoms with E-state index in [0.29, 0.717) is 10.6 Å². The van der Waals surface area contributed by atoms with Gasteiger partial charge in [0.1, 0.15) is 0 Å². The number of hydrogen-bond donors (Lipinski definition) is 3. The zero-order valence-corrected chi connectivity index (χ0v) is 18.8. The number of hydrogen-bond acceptors (Lipinski definition) is 4. The molecule has 3 rings (SSSR count). The molecule has 0 fully saturated rings. The quantitative estimate of drug-likeness (QED) is 0.394. The summed E-state index contributed by atoms with van der Waals surface area (Å²) in [6.45, 7) is 2.82. The fourth-order valence-electron chi connectivity index (χ4n) is 2.90. The molecule has 0 bridgehead atoms. The predicted molar refractivity (Wildman–Crippen MR) is 122 cm³/mol. The Labute approximate surface area is 195 Å². The molecule has 6 nitrogen and oxygen atoms in total. The highest BCUT2D eigenvalue weighted by Gasteiger charge is 2.31. The Bertz CT molecular complexity index is 1240. The molecule has 0 aliphatic heterocycles. The average molecular weight is 496 g/mol. The minimum atomic E-state index is -4.64. The van der Waals surface area contributed by atoms with Gasteiger partial charge in [0.2, 0.25) is 5.91 Å². The molecule has 0 radical (unpaired) electrons. The van der Waals surface area contributed by atoms with E-state index in [1.165, 1.54) is 6.92 Å². The third-order valence-electron chi connectivity index (χ3n) is 4.39. The van der Waals surface area contributed by atoms with Gasteiger partial charge in [0, 0.05) is 6.92 Å². The molecule has 0 atom stereocenters. The van der Waals surface area contributed by atoms with Crippen LogP contribution in [-0.2, 0) is 11.0 Å². The van der Waals surface area contributed by atoms with Crippen molar-refractivity contribution in [2.45, 2.75) is 20.0 Å². The summed E-state index contributed by atoms with van der Waals surface area (Å²) < 4.78 is 39.4. The van der Waals surface area contributed by atoms with Gasteiger partial charge in [-0.2, -0.15) is 13.2 Å². The zero-order chi connectivity index (χ0) is 24.3. The van der Waals surface area contributed by atoms with E-state index in [2.05, 4.69) is 16.0 Å². The Morgan fingerprint density at radius 3 is 2.24 bits per heavy atom. The number of amides is 3. The number of thiophene rings is 1. The highest BCUT2D eigenvalue weighted by molar-refractivity contribution is 7.18. The number of rotatable bonds is 5. The molecule has 3 aromatic rings. The van der Waals surface area contributed by atoms with Gasteiger partial charge in [0.15, 0.2) is 0 Å². The number of carbonyl (C=O) groups excluding carboxylic acids is 3. The molecule has 3 amide bonds. The minimum Gasteiger partial charge on any atom is -0.325 e. The highest BCUT2D eigenvalue weighted by Crippen LogP contribution is 2.35. The molecule has 0 aliphatic carbocycles. The first-order valence-electron chi connectivity index (χ1n) is 9.42. The third-order valence-corrected chi connectivity index (χ3v) is 5.87. The van der Waals surface area contributed by atoms with Crippen LogP contribution >= 0.6 is 22.9 Å². The second-order valence-corrected chi connectivity index (χ2v) is 8.41. The molecule has 0 saturated heterocycles. The fraction of sp³-hybridized carbons (Fsp3) is 0.136. The van der Waals surface area contributed by atoms with Crippen LogP contribution in [0, 0.1) is 6.92 Å². The molecule has 1 aromatic heterocycles. The third kappa shape index (κ3) is 5.91. The second kappa shape index (κ2) is 9.63. The highest BCUT2D eigenvalue weighted by atomic mass is 35.5. The van der Waals surface area contributed by atoms with Gasteiger partial charge in [-0.25, -0.2) is 0 Å². The minimum absolute atomic E-state index is 0.0188. The number of nitrogens with one attached hydrogen (secondary N) is 3. The van der Waals surface area contributed by atoms with E-state index in [1.807, 2.05) is 0 Å². The van der Waals surface area contributed by atoms with Gasteiger partial charge in [-0.15, -0.1) is 11.3 Å². The standard InChI is InChI=1S/C22H17ClF3N3O3S/c1-11-9-18(29-20(31)14-5-3-4-6-15(14)23)33-19(11)21(32)28-17-10-13(22(24,25)26)7-8-16(17)27-12(2)30/h3-10H,1-2H3,(H,27,30)(H,28,32)(H,29,31). The summed E-state index contributed by atoms with van der Waals surface area (Å²) in [5.41, 5.74) is -0.424. The summed E-state index contributed by atoms with van der Waals surface area (Å²) in [6.07, 6.45) is -4.64. The Morgan fingerprint density at radius 1 is 0.909 bits per heavy atom. The monoisotopic (exact) mass is 495 g/mol. The van der Waals surface area contributed by atoms with E-state index in [0.717, 1.165) is 29.5 Å². The molecule has 1 heterocycles. The lowest BCUT2D eigenvalue weighted by Crippen LogP contribution is -2.16. The smallest absolute Gasteiger partial charge is 0.325 e. The summed E-state index contributed by atoms with van der Waals surface area (Å²) in [5.74, 6) is -1.68. The molecule has 3 N–H and O–H groups in total. The summed E-state index contributed by atoms with van der Waals surface area (Å²) in [5, 5.41) is 8.08. The fourth-order valence-corrected chi connectivity index (χ4v) is 4.08. The van der Waals surface area contributed by atoms with Crippen LogP contribution in [0.25, 0.3) is 0 Å². The van der Waals surface area contributed by atoms with Gasteiger partial charge in [-0.3, -0.25) is 14.4 Å². The van der Waals surface area contributed by atoms with E-state index in [1.54, 1.807) is 37.3 Å². The van der Waals surface area contributed by atoms with Crippen LogP contribution < -0.4 is 16.0 Å². The molecule has 0 unspecified atom stereocenters. The van der Waals surface area contributed by atoms with Crippen molar-refractivity contribution in [3.8, 4) is 0 Å². The van der Waals surface area contributed by atoms with Crippen LogP contribution in [0.15, 0.2) is 48.5 Å². The molecule has 0 saturated carbocycles. The lowest BCUT2D eigenvalue weighted by molar-refractivity contribution is -0.137. The maximum absolute atomic E-state index is 13.1. The van der Waals surface area contributed by atoms with Crippen molar-refractivity contribution >= 4 is 57.0 Å². The van der Waals surface area contributed by atoms with Crippen LogP contribution in [0.1, 0.15) is 38.1 Å². The van der Waals surface area contributed by atoms with Crippen LogP contribution in [-0.4, -0.2) is 17.7 Å². The molecular formula is C22H17ClF3N3O3S. The molecule has 0 spiro atoms. The van der Waals surface area contributed by atoms with Gasteiger partial charge in [-0.1, -0.05) is 23.7 Å². The lowest BCUT2D eigenvalue weighted by Gasteiger charge is -2.14. The van der Waals surface area contributed by atoms with Crippen LogP contribution in [0.3, 0.4) is 0 Å².